The molecule has 1 atom stereocenters. The van der Waals surface area contributed by atoms with Gasteiger partial charge in [-0.25, -0.2) is 10.9 Å². The summed E-state index contributed by atoms with van der Waals surface area (Å²) in [7, 11) is 0. The zero-order valence-electron chi connectivity index (χ0n) is 12.6. The number of nitrogens with zero attached hydrogens (tertiary/aromatic N) is 3. The molecule has 1 aliphatic rings. The molecular weight excluding hydrogens is 302 g/mol. The SMILES string of the molecule is CC1=NNC(=O)[C@H]1CC(=O)N/N=C(\C)c1ccc([N+](=O)[O-])cc1. The predicted molar refractivity (Wildman–Crippen MR) is 82.8 cm³/mol. The standard InChI is InChI=1S/C14H15N5O4/c1-8(10-3-5-11(6-4-10)19(22)23)15-17-13(20)7-12-9(2)16-18-14(12)21/h3-6,12H,7H2,1-2H3,(H,17,20)(H,18,21)/b15-8+/t12-/m0/s1. The summed E-state index contributed by atoms with van der Waals surface area (Å²) in [6, 6.07) is 5.81. The van der Waals surface area contributed by atoms with Gasteiger partial charge in [0.25, 0.3) is 5.69 Å². The number of non-ortho nitro benzene ring substituents is 1. The van der Waals surface area contributed by atoms with E-state index in [2.05, 4.69) is 21.1 Å². The van der Waals surface area contributed by atoms with Gasteiger partial charge in [-0.05, 0) is 31.5 Å². The number of amides is 2. The van der Waals surface area contributed by atoms with Crippen molar-refractivity contribution in [3.05, 3.63) is 39.9 Å². The predicted octanol–water partition coefficient (Wildman–Crippen LogP) is 0.947. The third-order valence-electron chi connectivity index (χ3n) is 3.40. The van der Waals surface area contributed by atoms with E-state index >= 15 is 0 Å². The van der Waals surface area contributed by atoms with Gasteiger partial charge in [0.15, 0.2) is 0 Å². The van der Waals surface area contributed by atoms with Crippen molar-refractivity contribution >= 4 is 28.9 Å². The summed E-state index contributed by atoms with van der Waals surface area (Å²) in [4.78, 5) is 33.4. The molecule has 1 aromatic carbocycles. The van der Waals surface area contributed by atoms with Crippen molar-refractivity contribution in [2.75, 3.05) is 0 Å². The fraction of sp³-hybridized carbons (Fsp3) is 0.286. The van der Waals surface area contributed by atoms with E-state index in [9.17, 15) is 19.7 Å². The number of rotatable bonds is 5. The molecule has 1 aromatic rings. The number of hydrazone groups is 2. The Morgan fingerprint density at radius 2 is 2.09 bits per heavy atom. The van der Waals surface area contributed by atoms with Crippen molar-refractivity contribution < 1.29 is 14.5 Å². The second-order valence-corrected chi connectivity index (χ2v) is 5.02. The first-order chi connectivity index (χ1) is 10.9. The van der Waals surface area contributed by atoms with Crippen LogP contribution in [-0.2, 0) is 9.59 Å². The van der Waals surface area contributed by atoms with Crippen LogP contribution in [0, 0.1) is 16.0 Å². The van der Waals surface area contributed by atoms with Gasteiger partial charge in [-0.3, -0.25) is 19.7 Å². The van der Waals surface area contributed by atoms with Crippen molar-refractivity contribution in [2.45, 2.75) is 20.3 Å². The maximum Gasteiger partial charge on any atom is 0.269 e. The lowest BCUT2D eigenvalue weighted by atomic mass is 10.0. The Hall–Kier alpha value is -3.10. The maximum absolute atomic E-state index is 11.8. The van der Waals surface area contributed by atoms with Crippen molar-refractivity contribution in [1.29, 1.82) is 0 Å². The van der Waals surface area contributed by atoms with E-state index in [-0.39, 0.29) is 18.0 Å². The van der Waals surface area contributed by atoms with Crippen LogP contribution in [0.15, 0.2) is 34.5 Å². The molecule has 0 radical (unpaired) electrons. The second kappa shape index (κ2) is 6.77. The molecule has 0 unspecified atom stereocenters. The molecule has 0 aliphatic carbocycles. The minimum Gasteiger partial charge on any atom is -0.273 e. The van der Waals surface area contributed by atoms with Crippen LogP contribution in [0.4, 0.5) is 5.69 Å². The smallest absolute Gasteiger partial charge is 0.269 e. The number of hydrogen-bond acceptors (Lipinski definition) is 6. The third-order valence-corrected chi connectivity index (χ3v) is 3.40. The fourth-order valence-corrected chi connectivity index (χ4v) is 2.00. The number of carbonyl (C=O) groups is 2. The quantitative estimate of drug-likeness (QED) is 0.476. The summed E-state index contributed by atoms with van der Waals surface area (Å²) in [6.45, 7) is 3.33. The lowest BCUT2D eigenvalue weighted by molar-refractivity contribution is -0.384. The van der Waals surface area contributed by atoms with E-state index in [1.54, 1.807) is 26.0 Å². The lowest BCUT2D eigenvalue weighted by Gasteiger charge is -2.07. The van der Waals surface area contributed by atoms with Gasteiger partial charge in [-0.15, -0.1) is 0 Å². The summed E-state index contributed by atoms with van der Waals surface area (Å²) in [6.07, 6.45) is -0.0434. The highest BCUT2D eigenvalue weighted by molar-refractivity contribution is 6.09. The highest BCUT2D eigenvalue weighted by atomic mass is 16.6. The van der Waals surface area contributed by atoms with Gasteiger partial charge in [-0.2, -0.15) is 10.2 Å². The van der Waals surface area contributed by atoms with Crippen molar-refractivity contribution in [2.24, 2.45) is 16.1 Å². The molecule has 2 rings (SSSR count). The van der Waals surface area contributed by atoms with Crippen LogP contribution in [0.3, 0.4) is 0 Å². The van der Waals surface area contributed by atoms with Crippen LogP contribution in [0.1, 0.15) is 25.8 Å². The van der Waals surface area contributed by atoms with Gasteiger partial charge in [0.1, 0.15) is 0 Å². The number of benzene rings is 1. The average Bonchev–Trinajstić information content (AvgIpc) is 2.84. The van der Waals surface area contributed by atoms with Gasteiger partial charge in [0.2, 0.25) is 11.8 Å². The van der Waals surface area contributed by atoms with Gasteiger partial charge in [-0.1, -0.05) is 0 Å². The van der Waals surface area contributed by atoms with Crippen LogP contribution in [0.5, 0.6) is 0 Å². The molecule has 0 spiro atoms. The van der Waals surface area contributed by atoms with Crippen LogP contribution < -0.4 is 10.9 Å². The maximum atomic E-state index is 11.8. The molecular formula is C14H15N5O4. The first kappa shape index (κ1) is 16.3. The fourth-order valence-electron chi connectivity index (χ4n) is 2.00. The number of nitro groups is 1. The lowest BCUT2D eigenvalue weighted by Crippen LogP contribution is -2.29. The molecule has 2 N–H and O–H groups in total. The average molecular weight is 317 g/mol. The van der Waals surface area contributed by atoms with Crippen molar-refractivity contribution in [3.8, 4) is 0 Å². The Bertz CT molecular complexity index is 708. The molecule has 1 aliphatic heterocycles. The number of hydrogen-bond donors (Lipinski definition) is 2. The zero-order chi connectivity index (χ0) is 17.0. The largest absolute Gasteiger partial charge is 0.273 e. The Balaban J connectivity index is 1.96. The minimum absolute atomic E-state index is 0.0207. The Labute approximate surface area is 131 Å². The molecule has 23 heavy (non-hydrogen) atoms. The van der Waals surface area contributed by atoms with Crippen molar-refractivity contribution in [1.82, 2.24) is 10.9 Å². The van der Waals surface area contributed by atoms with Crippen LogP contribution >= 0.6 is 0 Å². The summed E-state index contributed by atoms with van der Waals surface area (Å²) in [5.41, 5.74) is 6.35. The Morgan fingerprint density at radius 3 is 2.61 bits per heavy atom. The van der Waals surface area contributed by atoms with Gasteiger partial charge in [0, 0.05) is 24.3 Å². The normalized spacial score (nSPS) is 17.5. The summed E-state index contributed by atoms with van der Waals surface area (Å²) in [5, 5.41) is 18.3. The van der Waals surface area contributed by atoms with E-state index in [0.29, 0.717) is 17.0 Å². The zero-order valence-corrected chi connectivity index (χ0v) is 12.6. The molecule has 2 amide bonds. The van der Waals surface area contributed by atoms with Crippen LogP contribution in [0.2, 0.25) is 0 Å². The van der Waals surface area contributed by atoms with Gasteiger partial charge < -0.3 is 0 Å². The van der Waals surface area contributed by atoms with Gasteiger partial charge in [0.05, 0.1) is 16.6 Å². The topological polar surface area (TPSA) is 126 Å². The first-order valence-electron chi connectivity index (χ1n) is 6.80. The van der Waals surface area contributed by atoms with E-state index in [4.69, 9.17) is 0 Å². The third kappa shape index (κ3) is 3.96. The molecule has 0 saturated heterocycles. The summed E-state index contributed by atoms with van der Waals surface area (Å²) in [5.74, 6) is -1.30. The monoisotopic (exact) mass is 317 g/mol. The van der Waals surface area contributed by atoms with Crippen molar-refractivity contribution in [3.63, 3.8) is 0 Å². The molecule has 0 fully saturated rings. The molecule has 0 saturated carbocycles. The highest BCUT2D eigenvalue weighted by Crippen LogP contribution is 2.13. The van der Waals surface area contributed by atoms with E-state index in [1.807, 2.05) is 0 Å². The van der Waals surface area contributed by atoms with E-state index in [1.165, 1.54) is 12.1 Å². The highest BCUT2D eigenvalue weighted by Gasteiger charge is 2.29. The molecule has 1 heterocycles. The van der Waals surface area contributed by atoms with Gasteiger partial charge >= 0.3 is 0 Å². The number of nitro benzene ring substituents is 1. The van der Waals surface area contributed by atoms with Crippen LogP contribution in [-0.4, -0.2) is 28.2 Å². The molecule has 9 heteroatoms. The number of carbonyl (C=O) groups excluding carboxylic acids is 2. The Kier molecular flexibility index (Phi) is 4.79. The molecule has 9 nitrogen and oxygen atoms in total. The minimum atomic E-state index is -0.579. The second-order valence-electron chi connectivity index (χ2n) is 5.02. The molecule has 0 aromatic heterocycles. The summed E-state index contributed by atoms with van der Waals surface area (Å²) < 4.78 is 0. The van der Waals surface area contributed by atoms with E-state index < -0.39 is 16.7 Å². The number of nitrogens with one attached hydrogen (secondary N) is 2. The molecule has 0 bridgehead atoms. The first-order valence-corrected chi connectivity index (χ1v) is 6.80. The summed E-state index contributed by atoms with van der Waals surface area (Å²) >= 11 is 0. The van der Waals surface area contributed by atoms with E-state index in [0.717, 1.165) is 0 Å². The van der Waals surface area contributed by atoms with Crippen LogP contribution in [0.25, 0.3) is 0 Å². The molecule has 120 valence electrons. The Morgan fingerprint density at radius 1 is 1.43 bits per heavy atom.